The third kappa shape index (κ3) is 6.55. The number of aliphatic hydroxyl groups excluding tert-OH is 1. The van der Waals surface area contributed by atoms with Gasteiger partial charge in [-0.3, -0.25) is 4.79 Å². The number of benzene rings is 1. The van der Waals surface area contributed by atoms with Crippen molar-refractivity contribution >= 4 is 12.0 Å². The van der Waals surface area contributed by atoms with Crippen LogP contribution in [0.1, 0.15) is 36.7 Å². The summed E-state index contributed by atoms with van der Waals surface area (Å²) < 4.78 is 10.8. The highest BCUT2D eigenvalue weighted by molar-refractivity contribution is 5.95. The summed E-state index contributed by atoms with van der Waals surface area (Å²) in [6.45, 7) is 5.08. The SMILES string of the molecule is CC(C)(C)OC(=O)NC(CO)Cc1ccc(Oc2ncccc2C(N)=O)cc1. The number of amides is 2. The van der Waals surface area contributed by atoms with Gasteiger partial charge >= 0.3 is 6.09 Å². The van der Waals surface area contributed by atoms with Gasteiger partial charge in [0.05, 0.1) is 12.6 Å². The first kappa shape index (κ1) is 21.2. The van der Waals surface area contributed by atoms with E-state index in [1.54, 1.807) is 51.1 Å². The number of hydrogen-bond donors (Lipinski definition) is 3. The Balaban J connectivity index is 2.00. The number of hydrogen-bond acceptors (Lipinski definition) is 6. The van der Waals surface area contributed by atoms with Gasteiger partial charge in [0, 0.05) is 6.20 Å². The molecule has 1 aromatic carbocycles. The number of aromatic nitrogens is 1. The Labute approximate surface area is 163 Å². The molecule has 2 amide bonds. The first-order chi connectivity index (χ1) is 13.2. The maximum atomic E-state index is 11.9. The summed E-state index contributed by atoms with van der Waals surface area (Å²) >= 11 is 0. The highest BCUT2D eigenvalue weighted by Gasteiger charge is 2.19. The van der Waals surface area contributed by atoms with Crippen LogP contribution in [0.25, 0.3) is 0 Å². The number of ether oxygens (including phenoxy) is 2. The highest BCUT2D eigenvalue weighted by atomic mass is 16.6. The van der Waals surface area contributed by atoms with Crippen molar-refractivity contribution in [3.8, 4) is 11.6 Å². The van der Waals surface area contributed by atoms with Gasteiger partial charge in [0.15, 0.2) is 0 Å². The van der Waals surface area contributed by atoms with E-state index in [1.807, 2.05) is 0 Å². The van der Waals surface area contributed by atoms with Gasteiger partial charge in [0.1, 0.15) is 16.9 Å². The van der Waals surface area contributed by atoms with Crippen LogP contribution < -0.4 is 15.8 Å². The van der Waals surface area contributed by atoms with Crippen LogP contribution in [0, 0.1) is 0 Å². The number of aliphatic hydroxyl groups is 1. The maximum Gasteiger partial charge on any atom is 0.407 e. The minimum absolute atomic E-state index is 0.127. The molecule has 0 bridgehead atoms. The zero-order valence-electron chi connectivity index (χ0n) is 16.1. The van der Waals surface area contributed by atoms with Crippen LogP contribution in [0.15, 0.2) is 42.6 Å². The normalized spacial score (nSPS) is 12.1. The predicted octanol–water partition coefficient (Wildman–Crippen LogP) is 2.40. The molecule has 0 saturated heterocycles. The van der Waals surface area contributed by atoms with Gasteiger partial charge in [-0.25, -0.2) is 9.78 Å². The van der Waals surface area contributed by atoms with Crippen LogP contribution in [0.5, 0.6) is 11.6 Å². The molecule has 2 aromatic rings. The van der Waals surface area contributed by atoms with E-state index in [4.69, 9.17) is 15.2 Å². The van der Waals surface area contributed by atoms with Crippen molar-refractivity contribution in [3.63, 3.8) is 0 Å². The number of carbonyl (C=O) groups excluding carboxylic acids is 2. The van der Waals surface area contributed by atoms with Crippen molar-refractivity contribution in [3.05, 3.63) is 53.7 Å². The maximum absolute atomic E-state index is 11.9. The summed E-state index contributed by atoms with van der Waals surface area (Å²) in [5, 5.41) is 12.2. The minimum Gasteiger partial charge on any atom is -0.444 e. The summed E-state index contributed by atoms with van der Waals surface area (Å²) in [4.78, 5) is 27.3. The molecular formula is C20H25N3O5. The quantitative estimate of drug-likeness (QED) is 0.670. The number of carbonyl (C=O) groups is 2. The molecule has 0 radical (unpaired) electrons. The number of nitrogens with two attached hydrogens (primary N) is 1. The van der Waals surface area contributed by atoms with Gasteiger partial charge in [-0.2, -0.15) is 0 Å². The van der Waals surface area contributed by atoms with Gasteiger partial charge in [-0.1, -0.05) is 12.1 Å². The van der Waals surface area contributed by atoms with Crippen molar-refractivity contribution in [1.29, 1.82) is 0 Å². The number of rotatable bonds is 7. The van der Waals surface area contributed by atoms with Crippen LogP contribution in [0.2, 0.25) is 0 Å². The smallest absolute Gasteiger partial charge is 0.407 e. The molecule has 2 rings (SSSR count). The van der Waals surface area contributed by atoms with E-state index in [0.29, 0.717) is 12.2 Å². The summed E-state index contributed by atoms with van der Waals surface area (Å²) in [5.74, 6) is -0.0214. The summed E-state index contributed by atoms with van der Waals surface area (Å²) in [5.41, 5.74) is 5.76. The molecule has 150 valence electrons. The van der Waals surface area contributed by atoms with Crippen LogP contribution >= 0.6 is 0 Å². The van der Waals surface area contributed by atoms with E-state index in [2.05, 4.69) is 10.3 Å². The fraction of sp³-hybridized carbons (Fsp3) is 0.350. The van der Waals surface area contributed by atoms with Crippen molar-refractivity contribution in [2.24, 2.45) is 5.73 Å². The summed E-state index contributed by atoms with van der Waals surface area (Å²) in [6.07, 6.45) is 1.33. The lowest BCUT2D eigenvalue weighted by atomic mass is 10.1. The van der Waals surface area contributed by atoms with E-state index < -0.39 is 23.6 Å². The fourth-order valence-corrected chi connectivity index (χ4v) is 2.38. The molecule has 1 atom stereocenters. The van der Waals surface area contributed by atoms with Gasteiger partial charge in [-0.15, -0.1) is 0 Å². The first-order valence-electron chi connectivity index (χ1n) is 8.80. The van der Waals surface area contributed by atoms with E-state index >= 15 is 0 Å². The monoisotopic (exact) mass is 387 g/mol. The third-order valence-corrected chi connectivity index (χ3v) is 3.60. The molecule has 8 nitrogen and oxygen atoms in total. The Bertz CT molecular complexity index is 815. The number of nitrogens with one attached hydrogen (secondary N) is 1. The number of alkyl carbamates (subject to hydrolysis) is 1. The topological polar surface area (TPSA) is 124 Å². The molecule has 0 aliphatic carbocycles. The Morgan fingerprint density at radius 3 is 2.46 bits per heavy atom. The second kappa shape index (κ2) is 9.18. The number of pyridine rings is 1. The lowest BCUT2D eigenvalue weighted by Gasteiger charge is -2.22. The average Bonchev–Trinajstić information content (AvgIpc) is 2.61. The molecule has 28 heavy (non-hydrogen) atoms. The molecule has 1 aromatic heterocycles. The predicted molar refractivity (Wildman–Crippen MR) is 103 cm³/mol. The molecule has 4 N–H and O–H groups in total. The zero-order valence-corrected chi connectivity index (χ0v) is 16.1. The average molecular weight is 387 g/mol. The van der Waals surface area contributed by atoms with E-state index in [9.17, 15) is 14.7 Å². The van der Waals surface area contributed by atoms with Gasteiger partial charge in [-0.05, 0) is 57.0 Å². The molecule has 0 saturated carbocycles. The Morgan fingerprint density at radius 2 is 1.89 bits per heavy atom. The van der Waals surface area contributed by atoms with E-state index in [-0.39, 0.29) is 18.1 Å². The van der Waals surface area contributed by atoms with Crippen LogP contribution in [0.3, 0.4) is 0 Å². The van der Waals surface area contributed by atoms with Crippen LogP contribution in [-0.4, -0.2) is 40.3 Å². The second-order valence-electron chi connectivity index (χ2n) is 7.20. The lowest BCUT2D eigenvalue weighted by molar-refractivity contribution is 0.0482. The van der Waals surface area contributed by atoms with Crippen LogP contribution in [-0.2, 0) is 11.2 Å². The standard InChI is InChI=1S/C20H25N3O5/c1-20(2,3)28-19(26)23-14(12-24)11-13-6-8-15(9-7-13)27-18-16(17(21)25)5-4-10-22-18/h4-10,14,24H,11-12H2,1-3H3,(H2,21,25)(H,23,26). The Kier molecular flexibility index (Phi) is 6.94. The molecule has 0 aliphatic rings. The molecular weight excluding hydrogens is 362 g/mol. The fourth-order valence-electron chi connectivity index (χ4n) is 2.38. The Hall–Kier alpha value is -3.13. The van der Waals surface area contributed by atoms with Gasteiger partial charge in [0.25, 0.3) is 5.91 Å². The molecule has 1 heterocycles. The molecule has 8 heteroatoms. The summed E-state index contributed by atoms with van der Waals surface area (Å²) in [6, 6.07) is 9.64. The van der Waals surface area contributed by atoms with E-state index in [0.717, 1.165) is 5.56 Å². The van der Waals surface area contributed by atoms with Gasteiger partial charge in [0.2, 0.25) is 5.88 Å². The van der Waals surface area contributed by atoms with Crippen molar-refractivity contribution in [2.45, 2.75) is 38.8 Å². The van der Waals surface area contributed by atoms with Gasteiger partial charge < -0.3 is 25.6 Å². The highest BCUT2D eigenvalue weighted by Crippen LogP contribution is 2.23. The number of nitrogens with zero attached hydrogens (tertiary/aromatic N) is 1. The molecule has 0 fully saturated rings. The third-order valence-electron chi connectivity index (χ3n) is 3.60. The largest absolute Gasteiger partial charge is 0.444 e. The molecule has 0 spiro atoms. The molecule has 1 unspecified atom stereocenters. The lowest BCUT2D eigenvalue weighted by Crippen LogP contribution is -2.42. The van der Waals surface area contributed by atoms with Crippen LogP contribution in [0.4, 0.5) is 4.79 Å². The number of primary amides is 1. The van der Waals surface area contributed by atoms with Crippen molar-refractivity contribution in [1.82, 2.24) is 10.3 Å². The molecule has 0 aliphatic heterocycles. The van der Waals surface area contributed by atoms with Crippen molar-refractivity contribution < 1.29 is 24.2 Å². The summed E-state index contributed by atoms with van der Waals surface area (Å²) in [7, 11) is 0. The first-order valence-corrected chi connectivity index (χ1v) is 8.80. The van der Waals surface area contributed by atoms with E-state index in [1.165, 1.54) is 12.3 Å². The van der Waals surface area contributed by atoms with Crippen molar-refractivity contribution in [2.75, 3.05) is 6.61 Å². The minimum atomic E-state index is -0.626. The second-order valence-corrected chi connectivity index (χ2v) is 7.20. The zero-order chi connectivity index (χ0) is 20.7. The Morgan fingerprint density at radius 1 is 1.21 bits per heavy atom.